The van der Waals surface area contributed by atoms with Gasteiger partial charge in [0.25, 0.3) is 5.91 Å². The fourth-order valence-electron chi connectivity index (χ4n) is 1.47. The number of nitrogens with one attached hydrogen (secondary N) is 1. The van der Waals surface area contributed by atoms with Crippen molar-refractivity contribution in [2.45, 2.75) is 6.92 Å². The van der Waals surface area contributed by atoms with Gasteiger partial charge in [-0.2, -0.15) is 0 Å². The van der Waals surface area contributed by atoms with E-state index in [0.717, 1.165) is 0 Å². The topological polar surface area (TPSA) is 42.0 Å². The maximum atomic E-state index is 13.5. The summed E-state index contributed by atoms with van der Waals surface area (Å²) in [5.74, 6) is -1.08. The SMILES string of the molecule is Cc1nc(NC(=O)c2ccccc2F)c(Cl)cc1Cl. The number of aryl methyl sites for hydroxylation is 1. The second-order valence-corrected chi connectivity index (χ2v) is 4.63. The van der Waals surface area contributed by atoms with Crippen molar-refractivity contribution in [3.8, 4) is 0 Å². The molecule has 0 aliphatic rings. The van der Waals surface area contributed by atoms with Crippen LogP contribution in [0.4, 0.5) is 10.2 Å². The minimum Gasteiger partial charge on any atom is -0.305 e. The highest BCUT2D eigenvalue weighted by atomic mass is 35.5. The van der Waals surface area contributed by atoms with Crippen LogP contribution < -0.4 is 5.32 Å². The summed E-state index contributed by atoms with van der Waals surface area (Å²) in [5, 5.41) is 3.05. The maximum Gasteiger partial charge on any atom is 0.259 e. The predicted molar refractivity (Wildman–Crippen MR) is 73.3 cm³/mol. The molecule has 0 radical (unpaired) electrons. The van der Waals surface area contributed by atoms with Crippen LogP contribution >= 0.6 is 23.2 Å². The van der Waals surface area contributed by atoms with Crippen LogP contribution in [-0.4, -0.2) is 10.9 Å². The smallest absolute Gasteiger partial charge is 0.259 e. The molecule has 98 valence electrons. The van der Waals surface area contributed by atoms with Crippen molar-refractivity contribution >= 4 is 34.9 Å². The Kier molecular flexibility index (Phi) is 4.02. The van der Waals surface area contributed by atoms with Crippen LogP contribution in [-0.2, 0) is 0 Å². The Balaban J connectivity index is 2.30. The summed E-state index contributed by atoms with van der Waals surface area (Å²) in [6, 6.07) is 7.13. The summed E-state index contributed by atoms with van der Waals surface area (Å²) in [6.07, 6.45) is 0. The molecule has 0 aliphatic carbocycles. The molecule has 1 heterocycles. The lowest BCUT2D eigenvalue weighted by molar-refractivity contribution is 0.102. The number of aromatic nitrogens is 1. The summed E-state index contributed by atoms with van der Waals surface area (Å²) in [6.45, 7) is 1.68. The van der Waals surface area contributed by atoms with E-state index in [1.807, 2.05) is 0 Å². The number of anilines is 1. The Morgan fingerprint density at radius 3 is 2.63 bits per heavy atom. The number of pyridine rings is 1. The molecule has 0 atom stereocenters. The van der Waals surface area contributed by atoms with Crippen molar-refractivity contribution in [2.24, 2.45) is 0 Å². The summed E-state index contributed by atoms with van der Waals surface area (Å²) in [7, 11) is 0. The average molecular weight is 299 g/mol. The number of carbonyl (C=O) groups excluding carboxylic acids is 1. The first kappa shape index (κ1) is 13.8. The van der Waals surface area contributed by atoms with E-state index in [-0.39, 0.29) is 16.4 Å². The van der Waals surface area contributed by atoms with Gasteiger partial charge >= 0.3 is 0 Å². The van der Waals surface area contributed by atoms with Crippen molar-refractivity contribution in [3.05, 3.63) is 57.5 Å². The molecule has 0 unspecified atom stereocenters. The molecule has 19 heavy (non-hydrogen) atoms. The molecule has 0 aliphatic heterocycles. The van der Waals surface area contributed by atoms with Gasteiger partial charge in [-0.05, 0) is 25.1 Å². The number of benzene rings is 1. The fraction of sp³-hybridized carbons (Fsp3) is 0.0769. The minimum atomic E-state index is -0.616. The summed E-state index contributed by atoms with van der Waals surface area (Å²) in [5.41, 5.74) is 0.447. The molecule has 0 fully saturated rings. The van der Waals surface area contributed by atoms with Gasteiger partial charge in [0.2, 0.25) is 0 Å². The average Bonchev–Trinajstić information content (AvgIpc) is 2.36. The maximum absolute atomic E-state index is 13.5. The molecule has 1 aromatic heterocycles. The molecular weight excluding hydrogens is 290 g/mol. The molecule has 0 saturated heterocycles. The van der Waals surface area contributed by atoms with E-state index in [1.54, 1.807) is 13.0 Å². The van der Waals surface area contributed by atoms with E-state index in [4.69, 9.17) is 23.2 Å². The molecule has 1 aromatic carbocycles. The van der Waals surface area contributed by atoms with Gasteiger partial charge in [-0.3, -0.25) is 4.79 Å². The molecule has 0 bridgehead atoms. The third-order valence-electron chi connectivity index (χ3n) is 2.46. The fourth-order valence-corrected chi connectivity index (χ4v) is 1.87. The number of hydrogen-bond donors (Lipinski definition) is 1. The molecule has 1 amide bonds. The van der Waals surface area contributed by atoms with E-state index in [2.05, 4.69) is 10.3 Å². The van der Waals surface area contributed by atoms with Crippen LogP contribution in [0.1, 0.15) is 16.1 Å². The predicted octanol–water partition coefficient (Wildman–Crippen LogP) is 4.09. The third-order valence-corrected chi connectivity index (χ3v) is 3.13. The van der Waals surface area contributed by atoms with E-state index in [9.17, 15) is 9.18 Å². The van der Waals surface area contributed by atoms with Gasteiger partial charge in [0.05, 0.1) is 21.3 Å². The van der Waals surface area contributed by atoms with Crippen molar-refractivity contribution < 1.29 is 9.18 Å². The molecular formula is C13H9Cl2FN2O. The van der Waals surface area contributed by atoms with Crippen LogP contribution in [0.2, 0.25) is 10.0 Å². The van der Waals surface area contributed by atoms with Crippen LogP contribution in [0, 0.1) is 12.7 Å². The first-order valence-corrected chi connectivity index (χ1v) is 6.13. The molecule has 3 nitrogen and oxygen atoms in total. The molecule has 0 saturated carbocycles. The first-order valence-electron chi connectivity index (χ1n) is 5.37. The van der Waals surface area contributed by atoms with Crippen molar-refractivity contribution in [2.75, 3.05) is 5.32 Å². The lowest BCUT2D eigenvalue weighted by Gasteiger charge is -2.08. The number of rotatable bonds is 2. The van der Waals surface area contributed by atoms with E-state index < -0.39 is 11.7 Å². The van der Waals surface area contributed by atoms with Crippen LogP contribution in [0.25, 0.3) is 0 Å². The molecule has 6 heteroatoms. The van der Waals surface area contributed by atoms with Gasteiger partial charge < -0.3 is 5.32 Å². The Morgan fingerprint density at radius 2 is 1.95 bits per heavy atom. The van der Waals surface area contributed by atoms with E-state index in [0.29, 0.717) is 10.7 Å². The third kappa shape index (κ3) is 3.03. The van der Waals surface area contributed by atoms with E-state index in [1.165, 1.54) is 24.3 Å². The number of amides is 1. The largest absolute Gasteiger partial charge is 0.305 e. The summed E-state index contributed by atoms with van der Waals surface area (Å²) < 4.78 is 13.5. The number of halogens is 3. The van der Waals surface area contributed by atoms with Crippen molar-refractivity contribution in [1.29, 1.82) is 0 Å². The number of hydrogen-bond acceptors (Lipinski definition) is 2. The van der Waals surface area contributed by atoms with Crippen LogP contribution in [0.15, 0.2) is 30.3 Å². The molecule has 0 spiro atoms. The normalized spacial score (nSPS) is 10.3. The van der Waals surface area contributed by atoms with Gasteiger partial charge in [-0.15, -0.1) is 0 Å². The lowest BCUT2D eigenvalue weighted by atomic mass is 10.2. The zero-order valence-corrected chi connectivity index (χ0v) is 11.4. The highest BCUT2D eigenvalue weighted by Crippen LogP contribution is 2.26. The molecule has 2 rings (SSSR count). The second kappa shape index (κ2) is 5.55. The standard InChI is InChI=1S/C13H9Cl2FN2O/c1-7-9(14)6-10(15)12(17-7)18-13(19)8-4-2-3-5-11(8)16/h2-6H,1H3,(H,17,18,19). The second-order valence-electron chi connectivity index (χ2n) is 3.82. The summed E-state index contributed by atoms with van der Waals surface area (Å²) in [4.78, 5) is 15.9. The molecule has 1 N–H and O–H groups in total. The van der Waals surface area contributed by atoms with Gasteiger partial charge in [0, 0.05) is 0 Å². The monoisotopic (exact) mass is 298 g/mol. The van der Waals surface area contributed by atoms with Crippen LogP contribution in [0.3, 0.4) is 0 Å². The highest BCUT2D eigenvalue weighted by molar-refractivity contribution is 6.36. The molecule has 2 aromatic rings. The highest BCUT2D eigenvalue weighted by Gasteiger charge is 2.14. The van der Waals surface area contributed by atoms with Crippen molar-refractivity contribution in [3.63, 3.8) is 0 Å². The van der Waals surface area contributed by atoms with E-state index >= 15 is 0 Å². The number of carbonyl (C=O) groups is 1. The summed E-state index contributed by atoms with van der Waals surface area (Å²) >= 11 is 11.8. The first-order chi connectivity index (χ1) is 8.99. The quantitative estimate of drug-likeness (QED) is 0.907. The lowest BCUT2D eigenvalue weighted by Crippen LogP contribution is -2.15. The van der Waals surface area contributed by atoms with Crippen LogP contribution in [0.5, 0.6) is 0 Å². The Hall–Kier alpha value is -1.65. The Bertz CT molecular complexity index is 647. The minimum absolute atomic E-state index is 0.0760. The Morgan fingerprint density at radius 1 is 1.26 bits per heavy atom. The van der Waals surface area contributed by atoms with Gasteiger partial charge in [-0.1, -0.05) is 35.3 Å². The van der Waals surface area contributed by atoms with Crippen molar-refractivity contribution in [1.82, 2.24) is 4.98 Å². The van der Waals surface area contributed by atoms with Gasteiger partial charge in [0.1, 0.15) is 5.82 Å². The van der Waals surface area contributed by atoms with Gasteiger partial charge in [-0.25, -0.2) is 9.37 Å². The number of nitrogens with zero attached hydrogens (tertiary/aromatic N) is 1. The Labute approximate surface area is 119 Å². The van der Waals surface area contributed by atoms with Gasteiger partial charge in [0.15, 0.2) is 5.82 Å². The zero-order valence-electron chi connectivity index (χ0n) is 9.88. The zero-order chi connectivity index (χ0) is 14.0.